The van der Waals surface area contributed by atoms with Gasteiger partial charge in [0.05, 0.1) is 0 Å². The molecule has 0 bridgehead atoms. The second kappa shape index (κ2) is 7.28. The highest BCUT2D eigenvalue weighted by Crippen LogP contribution is 2.10. The summed E-state index contributed by atoms with van der Waals surface area (Å²) in [7, 11) is 0. The predicted molar refractivity (Wildman–Crippen MR) is 68.0 cm³/mol. The summed E-state index contributed by atoms with van der Waals surface area (Å²) < 4.78 is 0. The molecule has 0 amide bonds. The molecule has 1 aromatic rings. The number of hydrogen-bond acceptors (Lipinski definition) is 0. The first-order chi connectivity index (χ1) is 7.33. The van der Waals surface area contributed by atoms with Crippen LogP contribution in [-0.2, 0) is 6.42 Å². The summed E-state index contributed by atoms with van der Waals surface area (Å²) in [5.41, 5.74) is 2.98. The van der Waals surface area contributed by atoms with Gasteiger partial charge in [0.15, 0.2) is 0 Å². The van der Waals surface area contributed by atoms with Gasteiger partial charge in [0, 0.05) is 0 Å². The van der Waals surface area contributed by atoms with Crippen molar-refractivity contribution in [1.82, 2.24) is 0 Å². The van der Waals surface area contributed by atoms with Crippen LogP contribution in [0.5, 0.6) is 0 Å². The lowest BCUT2D eigenvalue weighted by molar-refractivity contribution is 0.803. The first-order valence-electron chi connectivity index (χ1n) is 6.02. The van der Waals surface area contributed by atoms with Crippen molar-refractivity contribution in [3.63, 3.8) is 0 Å². The molecular formula is C15H22. The Bertz CT molecular complexity index is 282. The molecule has 0 aliphatic carbocycles. The van der Waals surface area contributed by atoms with Crippen molar-refractivity contribution in [3.05, 3.63) is 47.5 Å². The smallest absolute Gasteiger partial charge is 0.0242 e. The first kappa shape index (κ1) is 12.0. The van der Waals surface area contributed by atoms with Crippen molar-refractivity contribution < 1.29 is 0 Å². The van der Waals surface area contributed by atoms with Gasteiger partial charge in [0.1, 0.15) is 0 Å². The van der Waals surface area contributed by atoms with Crippen LogP contribution in [0.3, 0.4) is 0 Å². The Labute approximate surface area is 94.0 Å². The minimum atomic E-state index is 1.18. The van der Waals surface area contributed by atoms with Crippen LogP contribution in [0.4, 0.5) is 0 Å². The highest BCUT2D eigenvalue weighted by molar-refractivity contribution is 5.16. The van der Waals surface area contributed by atoms with E-state index in [4.69, 9.17) is 0 Å². The van der Waals surface area contributed by atoms with Gasteiger partial charge < -0.3 is 0 Å². The number of unbranched alkanes of at least 4 members (excludes halogenated alkanes) is 2. The van der Waals surface area contributed by atoms with E-state index in [0.29, 0.717) is 0 Å². The fraction of sp³-hybridized carbons (Fsp3) is 0.467. The predicted octanol–water partition coefficient (Wildman–Crippen LogP) is 4.76. The normalized spacial score (nSPS) is 11.7. The zero-order chi connectivity index (χ0) is 10.9. The maximum Gasteiger partial charge on any atom is -0.0242 e. The molecule has 0 fully saturated rings. The average Bonchev–Trinajstić information content (AvgIpc) is 2.28. The molecule has 0 saturated carbocycles. The van der Waals surface area contributed by atoms with Crippen LogP contribution in [0.25, 0.3) is 0 Å². The summed E-state index contributed by atoms with van der Waals surface area (Å²) in [6.45, 7) is 4.49. The molecule has 0 N–H and O–H groups in total. The fourth-order valence-corrected chi connectivity index (χ4v) is 1.64. The monoisotopic (exact) mass is 202 g/mol. The largest absolute Gasteiger partial charge is 0.0856 e. The van der Waals surface area contributed by atoms with Crippen LogP contribution in [-0.4, -0.2) is 0 Å². The van der Waals surface area contributed by atoms with E-state index in [9.17, 15) is 0 Å². The topological polar surface area (TPSA) is 0 Å². The van der Waals surface area contributed by atoms with E-state index in [0.717, 1.165) is 0 Å². The van der Waals surface area contributed by atoms with Crippen molar-refractivity contribution in [2.75, 3.05) is 0 Å². The molecule has 0 heterocycles. The summed E-state index contributed by atoms with van der Waals surface area (Å²) in [5, 5.41) is 0. The van der Waals surface area contributed by atoms with Gasteiger partial charge in [-0.25, -0.2) is 0 Å². The summed E-state index contributed by atoms with van der Waals surface area (Å²) in [6, 6.07) is 10.7. The van der Waals surface area contributed by atoms with Gasteiger partial charge in [-0.2, -0.15) is 0 Å². The van der Waals surface area contributed by atoms with Crippen molar-refractivity contribution in [2.45, 2.75) is 46.0 Å². The Hall–Kier alpha value is -1.04. The quantitative estimate of drug-likeness (QED) is 0.461. The molecule has 0 spiro atoms. The minimum absolute atomic E-state index is 1.18. The number of aryl methyl sites for hydroxylation is 1. The van der Waals surface area contributed by atoms with Crippen molar-refractivity contribution in [1.29, 1.82) is 0 Å². The third kappa shape index (κ3) is 5.41. The van der Waals surface area contributed by atoms with E-state index in [2.05, 4.69) is 50.3 Å². The Balaban J connectivity index is 2.28. The van der Waals surface area contributed by atoms with Gasteiger partial charge in [0.25, 0.3) is 0 Å². The van der Waals surface area contributed by atoms with Gasteiger partial charge in [-0.05, 0) is 31.7 Å². The molecule has 0 saturated heterocycles. The van der Waals surface area contributed by atoms with E-state index in [-0.39, 0.29) is 0 Å². The van der Waals surface area contributed by atoms with E-state index >= 15 is 0 Å². The molecule has 0 radical (unpaired) electrons. The number of hydrogen-bond donors (Lipinski definition) is 0. The standard InChI is InChI=1S/C15H22/c1-3-4-6-9-14(2)12-13-15-10-7-5-8-11-15/h5,7-11H,3-4,6,12-13H2,1-2H3/b14-9-. The highest BCUT2D eigenvalue weighted by atomic mass is 14.0. The Morgan fingerprint density at radius 3 is 2.60 bits per heavy atom. The zero-order valence-electron chi connectivity index (χ0n) is 10.00. The van der Waals surface area contributed by atoms with Crippen LogP contribution < -0.4 is 0 Å². The molecule has 0 heteroatoms. The number of allylic oxidation sites excluding steroid dienone is 2. The van der Waals surface area contributed by atoms with Crippen molar-refractivity contribution >= 4 is 0 Å². The van der Waals surface area contributed by atoms with Crippen LogP contribution in [0.15, 0.2) is 42.0 Å². The summed E-state index contributed by atoms with van der Waals surface area (Å²) in [5.74, 6) is 0. The number of benzene rings is 1. The second-order valence-electron chi connectivity index (χ2n) is 4.18. The minimum Gasteiger partial charge on any atom is -0.0856 e. The summed E-state index contributed by atoms with van der Waals surface area (Å²) >= 11 is 0. The molecule has 1 aromatic carbocycles. The first-order valence-corrected chi connectivity index (χ1v) is 6.02. The summed E-state index contributed by atoms with van der Waals surface area (Å²) in [4.78, 5) is 0. The van der Waals surface area contributed by atoms with Gasteiger partial charge in [-0.3, -0.25) is 0 Å². The molecular weight excluding hydrogens is 180 g/mol. The summed E-state index contributed by atoms with van der Waals surface area (Å²) in [6.07, 6.45) is 8.64. The Morgan fingerprint density at radius 2 is 1.93 bits per heavy atom. The Morgan fingerprint density at radius 1 is 1.20 bits per heavy atom. The Kier molecular flexibility index (Phi) is 5.84. The van der Waals surface area contributed by atoms with Gasteiger partial charge in [-0.1, -0.05) is 61.7 Å². The van der Waals surface area contributed by atoms with Gasteiger partial charge >= 0.3 is 0 Å². The molecule has 1 rings (SSSR count). The fourth-order valence-electron chi connectivity index (χ4n) is 1.64. The lowest BCUT2D eigenvalue weighted by Crippen LogP contribution is -1.86. The second-order valence-corrected chi connectivity index (χ2v) is 4.18. The lowest BCUT2D eigenvalue weighted by Gasteiger charge is -2.02. The molecule has 0 aliphatic rings. The van der Waals surface area contributed by atoms with E-state index in [1.54, 1.807) is 0 Å². The molecule has 0 atom stereocenters. The number of rotatable bonds is 6. The third-order valence-electron chi connectivity index (χ3n) is 2.70. The van der Waals surface area contributed by atoms with Gasteiger partial charge in [0.2, 0.25) is 0 Å². The molecule has 15 heavy (non-hydrogen) atoms. The van der Waals surface area contributed by atoms with Crippen LogP contribution in [0, 0.1) is 0 Å². The van der Waals surface area contributed by atoms with Crippen LogP contribution in [0.1, 0.15) is 45.1 Å². The van der Waals surface area contributed by atoms with Crippen molar-refractivity contribution in [2.24, 2.45) is 0 Å². The lowest BCUT2D eigenvalue weighted by atomic mass is 10.0. The molecule has 0 aromatic heterocycles. The van der Waals surface area contributed by atoms with Gasteiger partial charge in [-0.15, -0.1) is 0 Å². The average molecular weight is 202 g/mol. The molecule has 0 nitrogen and oxygen atoms in total. The SMILES string of the molecule is CCCC/C=C(/C)CCc1ccccc1. The maximum atomic E-state index is 2.40. The molecule has 0 unspecified atom stereocenters. The highest BCUT2D eigenvalue weighted by Gasteiger charge is 1.93. The van der Waals surface area contributed by atoms with Crippen LogP contribution >= 0.6 is 0 Å². The van der Waals surface area contributed by atoms with E-state index in [1.807, 2.05) is 0 Å². The van der Waals surface area contributed by atoms with E-state index in [1.165, 1.54) is 43.2 Å². The van der Waals surface area contributed by atoms with Crippen molar-refractivity contribution in [3.8, 4) is 0 Å². The third-order valence-corrected chi connectivity index (χ3v) is 2.70. The zero-order valence-corrected chi connectivity index (χ0v) is 10.00. The maximum absolute atomic E-state index is 2.40. The molecule has 82 valence electrons. The van der Waals surface area contributed by atoms with Crippen LogP contribution in [0.2, 0.25) is 0 Å². The molecule has 0 aliphatic heterocycles. The van der Waals surface area contributed by atoms with E-state index < -0.39 is 0 Å².